The predicted molar refractivity (Wildman–Crippen MR) is 99.9 cm³/mol. The summed E-state index contributed by atoms with van der Waals surface area (Å²) in [5.74, 6) is 0.364. The van der Waals surface area contributed by atoms with E-state index in [1.165, 1.54) is 0 Å². The number of ether oxygens (including phenoxy) is 1. The van der Waals surface area contributed by atoms with Crippen LogP contribution < -0.4 is 15.4 Å². The van der Waals surface area contributed by atoms with Gasteiger partial charge in [0.15, 0.2) is 0 Å². The van der Waals surface area contributed by atoms with E-state index in [2.05, 4.69) is 26.8 Å². The Kier molecular flexibility index (Phi) is 4.28. The summed E-state index contributed by atoms with van der Waals surface area (Å²) in [6, 6.07) is 9.62. The fraction of sp³-hybridized carbons (Fsp3) is 0.368. The number of amides is 1. The van der Waals surface area contributed by atoms with E-state index in [9.17, 15) is 10.1 Å². The van der Waals surface area contributed by atoms with Crippen LogP contribution >= 0.6 is 0 Å². The molecule has 2 aliphatic rings. The molecule has 1 aromatic carbocycles. The Hall–Kier alpha value is -3.34. The number of methoxy groups -OCH3 is 1. The molecule has 27 heavy (non-hydrogen) atoms. The number of nitrogens with one attached hydrogen (secondary N) is 2. The van der Waals surface area contributed by atoms with Gasteiger partial charge < -0.3 is 15.4 Å². The number of hydrogen-bond donors (Lipinski definition) is 2. The minimum Gasteiger partial charge on any atom is -0.497 e. The summed E-state index contributed by atoms with van der Waals surface area (Å²) in [6.45, 7) is 3.41. The SMILES string of the molecule is COc1ccc([C@H]2c3c(C)nn(C4=NCCCN4)c3NC(=O)[C@@H]2C#N)cc1. The van der Waals surface area contributed by atoms with Gasteiger partial charge in [-0.05, 0) is 31.0 Å². The minimum atomic E-state index is -0.830. The molecule has 138 valence electrons. The lowest BCUT2D eigenvalue weighted by Crippen LogP contribution is -2.39. The van der Waals surface area contributed by atoms with E-state index in [0.717, 1.165) is 35.5 Å². The number of nitriles is 1. The largest absolute Gasteiger partial charge is 0.497 e. The highest BCUT2D eigenvalue weighted by atomic mass is 16.5. The number of benzene rings is 1. The number of hydrogen-bond acceptors (Lipinski definition) is 6. The minimum absolute atomic E-state index is 0.330. The van der Waals surface area contributed by atoms with Crippen molar-refractivity contribution in [3.63, 3.8) is 0 Å². The van der Waals surface area contributed by atoms with Gasteiger partial charge in [-0.15, -0.1) is 0 Å². The summed E-state index contributed by atoms with van der Waals surface area (Å²) in [4.78, 5) is 17.2. The van der Waals surface area contributed by atoms with Crippen LogP contribution in [0.4, 0.5) is 5.82 Å². The van der Waals surface area contributed by atoms with Crippen molar-refractivity contribution in [3.05, 3.63) is 41.1 Å². The topological polar surface area (TPSA) is 104 Å². The number of aryl methyl sites for hydroxylation is 1. The third-order valence-corrected chi connectivity index (χ3v) is 4.97. The second-order valence-corrected chi connectivity index (χ2v) is 6.59. The highest BCUT2D eigenvalue weighted by Gasteiger charge is 2.41. The van der Waals surface area contributed by atoms with Gasteiger partial charge in [-0.1, -0.05) is 12.1 Å². The van der Waals surface area contributed by atoms with Gasteiger partial charge in [-0.25, -0.2) is 0 Å². The number of carbonyl (C=O) groups is 1. The number of aromatic nitrogens is 2. The highest BCUT2D eigenvalue weighted by molar-refractivity contribution is 6.00. The monoisotopic (exact) mass is 364 g/mol. The van der Waals surface area contributed by atoms with Crippen molar-refractivity contribution in [2.75, 3.05) is 25.5 Å². The van der Waals surface area contributed by atoms with Gasteiger partial charge in [0.2, 0.25) is 11.9 Å². The van der Waals surface area contributed by atoms with Crippen LogP contribution in [0.15, 0.2) is 29.3 Å². The van der Waals surface area contributed by atoms with Crippen LogP contribution in [-0.4, -0.2) is 41.8 Å². The summed E-state index contributed by atoms with van der Waals surface area (Å²) in [5.41, 5.74) is 2.49. The van der Waals surface area contributed by atoms with Crippen molar-refractivity contribution in [2.45, 2.75) is 19.3 Å². The number of carbonyl (C=O) groups excluding carboxylic acids is 1. The zero-order valence-electron chi connectivity index (χ0n) is 15.2. The lowest BCUT2D eigenvalue weighted by molar-refractivity contribution is -0.119. The van der Waals surface area contributed by atoms with Crippen LogP contribution in [0.3, 0.4) is 0 Å². The summed E-state index contributed by atoms with van der Waals surface area (Å²) < 4.78 is 6.87. The molecular formula is C19H20N6O2. The van der Waals surface area contributed by atoms with E-state index >= 15 is 0 Å². The molecule has 2 N–H and O–H groups in total. The van der Waals surface area contributed by atoms with E-state index in [0.29, 0.717) is 18.3 Å². The van der Waals surface area contributed by atoms with Gasteiger partial charge in [0, 0.05) is 24.6 Å². The number of aliphatic imine (C=N–C) groups is 1. The maximum Gasteiger partial charge on any atom is 0.243 e. The first-order valence-corrected chi connectivity index (χ1v) is 8.86. The molecule has 0 bridgehead atoms. The van der Waals surface area contributed by atoms with Gasteiger partial charge >= 0.3 is 0 Å². The van der Waals surface area contributed by atoms with Gasteiger partial charge in [0.1, 0.15) is 17.5 Å². The molecule has 8 nitrogen and oxygen atoms in total. The molecule has 2 aromatic rings. The number of rotatable bonds is 2. The molecule has 0 saturated carbocycles. The zero-order valence-corrected chi connectivity index (χ0v) is 15.2. The number of anilines is 1. The molecule has 1 aromatic heterocycles. The maximum absolute atomic E-state index is 12.7. The molecule has 0 fully saturated rings. The number of nitrogens with zero attached hydrogens (tertiary/aromatic N) is 4. The molecule has 2 aliphatic heterocycles. The van der Waals surface area contributed by atoms with Crippen LogP contribution in [0.25, 0.3) is 0 Å². The van der Waals surface area contributed by atoms with Crippen molar-refractivity contribution in [1.29, 1.82) is 5.26 Å². The summed E-state index contributed by atoms with van der Waals surface area (Å²) in [6.07, 6.45) is 0.962. The number of fused-ring (bicyclic) bond motifs is 1. The fourth-order valence-corrected chi connectivity index (χ4v) is 3.66. The quantitative estimate of drug-likeness (QED) is 0.843. The van der Waals surface area contributed by atoms with Crippen LogP contribution in [0, 0.1) is 24.2 Å². The second-order valence-electron chi connectivity index (χ2n) is 6.59. The van der Waals surface area contributed by atoms with E-state index in [1.54, 1.807) is 11.8 Å². The molecule has 0 unspecified atom stereocenters. The van der Waals surface area contributed by atoms with Crippen molar-refractivity contribution < 1.29 is 9.53 Å². The van der Waals surface area contributed by atoms with Gasteiger partial charge in [0.25, 0.3) is 0 Å². The Bertz CT molecular complexity index is 954. The molecule has 0 saturated heterocycles. The Morgan fingerprint density at radius 2 is 2.11 bits per heavy atom. The van der Waals surface area contributed by atoms with E-state index in [-0.39, 0.29) is 5.91 Å². The fourth-order valence-electron chi connectivity index (χ4n) is 3.66. The Labute approximate surface area is 156 Å². The zero-order chi connectivity index (χ0) is 19.0. The highest BCUT2D eigenvalue weighted by Crippen LogP contribution is 2.42. The van der Waals surface area contributed by atoms with Crippen molar-refractivity contribution >= 4 is 17.7 Å². The smallest absolute Gasteiger partial charge is 0.243 e. The molecular weight excluding hydrogens is 344 g/mol. The third kappa shape index (κ3) is 2.81. The molecule has 4 rings (SSSR count). The summed E-state index contributed by atoms with van der Waals surface area (Å²) in [7, 11) is 1.60. The van der Waals surface area contributed by atoms with Crippen LogP contribution in [0.2, 0.25) is 0 Å². The first kappa shape index (κ1) is 17.1. The van der Waals surface area contributed by atoms with Gasteiger partial charge in [-0.3, -0.25) is 9.79 Å². The molecule has 1 amide bonds. The van der Waals surface area contributed by atoms with Gasteiger partial charge in [0.05, 0.1) is 18.9 Å². The van der Waals surface area contributed by atoms with Crippen molar-refractivity contribution in [2.24, 2.45) is 10.9 Å². The summed E-state index contributed by atoms with van der Waals surface area (Å²) >= 11 is 0. The Morgan fingerprint density at radius 3 is 2.74 bits per heavy atom. The second kappa shape index (κ2) is 6.76. The van der Waals surface area contributed by atoms with Crippen LogP contribution in [0.5, 0.6) is 5.75 Å². The van der Waals surface area contributed by atoms with Crippen LogP contribution in [0.1, 0.15) is 29.2 Å². The first-order chi connectivity index (χ1) is 13.1. The Balaban J connectivity index is 1.86. The molecule has 0 spiro atoms. The average molecular weight is 364 g/mol. The van der Waals surface area contributed by atoms with Crippen molar-refractivity contribution in [1.82, 2.24) is 15.1 Å². The van der Waals surface area contributed by atoms with Crippen molar-refractivity contribution in [3.8, 4) is 11.8 Å². The van der Waals surface area contributed by atoms with Gasteiger partial charge in [-0.2, -0.15) is 15.0 Å². The van der Waals surface area contributed by atoms with E-state index < -0.39 is 11.8 Å². The third-order valence-electron chi connectivity index (χ3n) is 4.97. The first-order valence-electron chi connectivity index (χ1n) is 8.86. The van der Waals surface area contributed by atoms with E-state index in [1.807, 2.05) is 31.2 Å². The normalized spacial score (nSPS) is 21.4. The maximum atomic E-state index is 12.7. The van der Waals surface area contributed by atoms with Crippen LogP contribution in [-0.2, 0) is 4.79 Å². The molecule has 0 aliphatic carbocycles. The molecule has 0 radical (unpaired) electrons. The lowest BCUT2D eigenvalue weighted by atomic mass is 9.78. The standard InChI is InChI=1S/C19H20N6O2/c1-11-15-16(12-4-6-13(27-2)7-5-12)14(10-20)18(26)23-17(15)25(24-11)19-21-8-3-9-22-19/h4-7,14,16H,3,8-9H2,1-2H3,(H,21,22)(H,23,26)/t14-,16-/m1/s1. The molecule has 8 heteroatoms. The average Bonchev–Trinajstić information content (AvgIpc) is 3.03. The summed E-state index contributed by atoms with van der Waals surface area (Å²) in [5, 5.41) is 20.4. The molecule has 2 atom stereocenters. The molecule has 3 heterocycles. The predicted octanol–water partition coefficient (Wildman–Crippen LogP) is 1.62. The Morgan fingerprint density at radius 1 is 1.33 bits per heavy atom. The van der Waals surface area contributed by atoms with E-state index in [4.69, 9.17) is 4.74 Å². The lowest BCUT2D eigenvalue weighted by Gasteiger charge is -2.28.